The SMILES string of the molecule is OC1(c2nc(C3(c4ccccc4)CC3)no2)CCNC1. The number of nitrogens with one attached hydrogen (secondary N) is 1. The number of aromatic nitrogens is 2. The summed E-state index contributed by atoms with van der Waals surface area (Å²) in [5, 5.41) is 17.7. The third-order valence-corrected chi connectivity index (χ3v) is 4.46. The maximum atomic E-state index is 10.5. The van der Waals surface area contributed by atoms with E-state index in [9.17, 15) is 5.11 Å². The minimum Gasteiger partial charge on any atom is -0.379 e. The third kappa shape index (κ3) is 1.70. The van der Waals surface area contributed by atoms with Gasteiger partial charge in [0, 0.05) is 6.54 Å². The van der Waals surface area contributed by atoms with Gasteiger partial charge in [-0.3, -0.25) is 0 Å². The van der Waals surface area contributed by atoms with Crippen LogP contribution in [-0.4, -0.2) is 28.3 Å². The molecule has 2 N–H and O–H groups in total. The average molecular weight is 271 g/mol. The van der Waals surface area contributed by atoms with Crippen LogP contribution < -0.4 is 5.32 Å². The van der Waals surface area contributed by atoms with Gasteiger partial charge in [0.05, 0.1) is 5.41 Å². The fraction of sp³-hybridized carbons (Fsp3) is 0.467. The second-order valence-corrected chi connectivity index (χ2v) is 5.83. The summed E-state index contributed by atoms with van der Waals surface area (Å²) in [6.07, 6.45) is 2.69. The molecule has 1 atom stereocenters. The molecule has 104 valence electrons. The van der Waals surface area contributed by atoms with Gasteiger partial charge in [-0.25, -0.2) is 0 Å². The number of rotatable bonds is 3. The fourth-order valence-electron chi connectivity index (χ4n) is 2.99. The van der Waals surface area contributed by atoms with E-state index in [1.807, 2.05) is 18.2 Å². The van der Waals surface area contributed by atoms with E-state index in [-0.39, 0.29) is 5.41 Å². The highest BCUT2D eigenvalue weighted by Crippen LogP contribution is 2.52. The monoisotopic (exact) mass is 271 g/mol. The predicted octanol–water partition coefficient (Wildman–Crippen LogP) is 1.33. The lowest BCUT2D eigenvalue weighted by molar-refractivity contribution is 0.0243. The first-order chi connectivity index (χ1) is 9.73. The quantitative estimate of drug-likeness (QED) is 0.881. The molecule has 20 heavy (non-hydrogen) atoms. The van der Waals surface area contributed by atoms with Crippen molar-refractivity contribution >= 4 is 0 Å². The molecule has 0 spiro atoms. The van der Waals surface area contributed by atoms with Crippen LogP contribution in [0.3, 0.4) is 0 Å². The Morgan fingerprint density at radius 2 is 1.95 bits per heavy atom. The van der Waals surface area contributed by atoms with Gasteiger partial charge in [-0.2, -0.15) is 4.98 Å². The molecule has 1 aliphatic heterocycles. The molecule has 0 amide bonds. The van der Waals surface area contributed by atoms with Crippen LogP contribution in [-0.2, 0) is 11.0 Å². The molecule has 1 aromatic heterocycles. The molecular formula is C15H17N3O2. The van der Waals surface area contributed by atoms with E-state index < -0.39 is 5.60 Å². The fourth-order valence-corrected chi connectivity index (χ4v) is 2.99. The van der Waals surface area contributed by atoms with Crippen molar-refractivity contribution in [2.75, 3.05) is 13.1 Å². The van der Waals surface area contributed by atoms with Crippen molar-refractivity contribution in [3.63, 3.8) is 0 Å². The Bertz CT molecular complexity index is 613. The van der Waals surface area contributed by atoms with Crippen molar-refractivity contribution in [2.45, 2.75) is 30.3 Å². The number of β-amino-alcohol motifs (C(OH)–C–C–N with tert-alkyl or cyclic N) is 1. The van der Waals surface area contributed by atoms with Crippen LogP contribution in [0.25, 0.3) is 0 Å². The summed E-state index contributed by atoms with van der Waals surface area (Å²) in [5.41, 5.74) is 0.118. The first-order valence-electron chi connectivity index (χ1n) is 7.06. The highest BCUT2D eigenvalue weighted by atomic mass is 16.5. The summed E-state index contributed by atoms with van der Waals surface area (Å²) in [6.45, 7) is 1.25. The molecule has 5 nitrogen and oxygen atoms in total. The maximum Gasteiger partial charge on any atom is 0.260 e. The van der Waals surface area contributed by atoms with Gasteiger partial charge in [0.25, 0.3) is 5.89 Å². The molecule has 1 aromatic carbocycles. The van der Waals surface area contributed by atoms with E-state index in [2.05, 4.69) is 27.6 Å². The zero-order valence-electron chi connectivity index (χ0n) is 11.2. The lowest BCUT2D eigenvalue weighted by atomic mass is 9.95. The molecule has 1 saturated heterocycles. The average Bonchev–Trinajstić information content (AvgIpc) is 2.92. The normalized spacial score (nSPS) is 27.6. The Balaban J connectivity index is 1.69. The number of hydrogen-bond donors (Lipinski definition) is 2. The summed E-state index contributed by atoms with van der Waals surface area (Å²) >= 11 is 0. The van der Waals surface area contributed by atoms with Gasteiger partial charge < -0.3 is 14.9 Å². The minimum atomic E-state index is -1.00. The molecule has 1 aliphatic carbocycles. The molecule has 0 bridgehead atoms. The van der Waals surface area contributed by atoms with E-state index >= 15 is 0 Å². The standard InChI is InChI=1S/C15H17N3O2/c19-15(8-9-16-10-15)13-17-12(18-20-13)14(6-7-14)11-4-2-1-3-5-11/h1-5,16,19H,6-10H2. The molecule has 1 unspecified atom stereocenters. The third-order valence-electron chi connectivity index (χ3n) is 4.46. The van der Waals surface area contributed by atoms with Crippen LogP contribution in [0.5, 0.6) is 0 Å². The molecule has 2 aliphatic rings. The zero-order valence-corrected chi connectivity index (χ0v) is 11.2. The molecule has 2 fully saturated rings. The number of benzene rings is 1. The maximum absolute atomic E-state index is 10.5. The molecule has 2 heterocycles. The summed E-state index contributed by atoms with van der Waals surface area (Å²) < 4.78 is 5.35. The van der Waals surface area contributed by atoms with E-state index in [1.165, 1.54) is 5.56 Å². The zero-order chi connectivity index (χ0) is 13.6. The molecule has 1 saturated carbocycles. The van der Waals surface area contributed by atoms with E-state index in [0.717, 1.165) is 19.4 Å². The van der Waals surface area contributed by atoms with E-state index in [0.29, 0.717) is 24.7 Å². The predicted molar refractivity (Wildman–Crippen MR) is 72.1 cm³/mol. The van der Waals surface area contributed by atoms with Crippen molar-refractivity contribution in [1.82, 2.24) is 15.5 Å². The van der Waals surface area contributed by atoms with Crippen LogP contribution in [0, 0.1) is 0 Å². The van der Waals surface area contributed by atoms with Crippen molar-refractivity contribution in [3.8, 4) is 0 Å². The smallest absolute Gasteiger partial charge is 0.260 e. The first kappa shape index (κ1) is 12.1. The number of aliphatic hydroxyl groups is 1. The number of nitrogens with zero attached hydrogens (tertiary/aromatic N) is 2. The molecule has 5 heteroatoms. The van der Waals surface area contributed by atoms with Gasteiger partial charge in [-0.15, -0.1) is 0 Å². The highest BCUT2D eigenvalue weighted by molar-refractivity contribution is 5.38. The Kier molecular flexibility index (Phi) is 2.49. The summed E-state index contributed by atoms with van der Waals surface area (Å²) in [5.74, 6) is 1.05. The van der Waals surface area contributed by atoms with Gasteiger partial charge in [0.1, 0.15) is 0 Å². The van der Waals surface area contributed by atoms with Crippen LogP contribution in [0.2, 0.25) is 0 Å². The Morgan fingerprint density at radius 3 is 2.60 bits per heavy atom. The van der Waals surface area contributed by atoms with Gasteiger partial charge in [0.15, 0.2) is 11.4 Å². The second kappa shape index (κ2) is 4.14. The summed E-state index contributed by atoms with van der Waals surface area (Å²) in [7, 11) is 0. The summed E-state index contributed by atoms with van der Waals surface area (Å²) in [4.78, 5) is 4.51. The Labute approximate surface area is 117 Å². The van der Waals surface area contributed by atoms with E-state index in [1.54, 1.807) is 0 Å². The molecular weight excluding hydrogens is 254 g/mol. The van der Waals surface area contributed by atoms with Gasteiger partial charge >= 0.3 is 0 Å². The summed E-state index contributed by atoms with van der Waals surface area (Å²) in [6, 6.07) is 10.3. The topological polar surface area (TPSA) is 71.2 Å². The van der Waals surface area contributed by atoms with Gasteiger partial charge in [-0.05, 0) is 31.4 Å². The molecule has 0 radical (unpaired) electrons. The lowest BCUT2D eigenvalue weighted by Crippen LogP contribution is -2.29. The Hall–Kier alpha value is -1.72. The second-order valence-electron chi connectivity index (χ2n) is 5.83. The molecule has 4 rings (SSSR count). The van der Waals surface area contributed by atoms with Crippen LogP contribution in [0.15, 0.2) is 34.9 Å². The first-order valence-corrected chi connectivity index (χ1v) is 7.06. The van der Waals surface area contributed by atoms with E-state index in [4.69, 9.17) is 4.52 Å². The largest absolute Gasteiger partial charge is 0.379 e. The van der Waals surface area contributed by atoms with Crippen molar-refractivity contribution in [1.29, 1.82) is 0 Å². The van der Waals surface area contributed by atoms with Crippen molar-refractivity contribution in [2.24, 2.45) is 0 Å². The van der Waals surface area contributed by atoms with Gasteiger partial charge in [0.2, 0.25) is 0 Å². The van der Waals surface area contributed by atoms with Crippen molar-refractivity contribution in [3.05, 3.63) is 47.6 Å². The van der Waals surface area contributed by atoms with Gasteiger partial charge in [-0.1, -0.05) is 35.5 Å². The minimum absolute atomic E-state index is 0.106. The lowest BCUT2D eigenvalue weighted by Gasteiger charge is -2.15. The number of hydrogen-bond acceptors (Lipinski definition) is 5. The molecule has 2 aromatic rings. The van der Waals surface area contributed by atoms with Crippen LogP contribution in [0.4, 0.5) is 0 Å². The van der Waals surface area contributed by atoms with Crippen LogP contribution >= 0.6 is 0 Å². The highest BCUT2D eigenvalue weighted by Gasteiger charge is 2.51. The van der Waals surface area contributed by atoms with Crippen molar-refractivity contribution < 1.29 is 9.63 Å². The Morgan fingerprint density at radius 1 is 1.15 bits per heavy atom. The van der Waals surface area contributed by atoms with Crippen LogP contribution in [0.1, 0.15) is 36.5 Å².